The van der Waals surface area contributed by atoms with Gasteiger partial charge >= 0.3 is 0 Å². The van der Waals surface area contributed by atoms with E-state index in [1.54, 1.807) is 0 Å². The lowest BCUT2D eigenvalue weighted by Gasteiger charge is -2.15. The van der Waals surface area contributed by atoms with Gasteiger partial charge in [-0.3, -0.25) is 0 Å². The second-order valence-corrected chi connectivity index (χ2v) is 12.8. The topological polar surface area (TPSA) is 19.7 Å². The molecule has 0 fully saturated rings. The molecule has 0 spiro atoms. The van der Waals surface area contributed by atoms with Crippen molar-refractivity contribution in [1.82, 2.24) is 4.98 Å². The van der Waals surface area contributed by atoms with E-state index in [1.807, 2.05) is 0 Å². The molecular weight excluding hydrogens is 460 g/mol. The van der Waals surface area contributed by atoms with Crippen molar-refractivity contribution in [2.75, 3.05) is 0 Å². The van der Waals surface area contributed by atoms with E-state index in [9.17, 15) is 0 Å². The van der Waals surface area contributed by atoms with Gasteiger partial charge in [0.15, 0.2) is 0 Å². The Morgan fingerprint density at radius 3 is 1.13 bits per heavy atom. The van der Waals surface area contributed by atoms with Crippen LogP contribution >= 0.6 is 0 Å². The first-order chi connectivity index (χ1) is 18.7. The fraction of sp³-hybridized carbons (Fsp3) is 0.917. The minimum Gasteiger partial charge on any atom is -0.247 e. The monoisotopic (exact) mass is 532 g/mol. The molecule has 2 heteroatoms. The summed E-state index contributed by atoms with van der Waals surface area (Å²) in [5, 5.41) is 0. The number of H-pyrrole nitrogens is 1. The number of unbranched alkanes of at least 4 members (excludes halogenated alkanes) is 23. The van der Waals surface area contributed by atoms with Crippen molar-refractivity contribution < 1.29 is 4.57 Å². The third-order valence-corrected chi connectivity index (χ3v) is 8.75. The van der Waals surface area contributed by atoms with Gasteiger partial charge in [-0.2, -0.15) is 0 Å². The number of aromatic nitrogens is 2. The molecular formula is C36H71N2+. The number of hydrogen-bond acceptors (Lipinski definition) is 0. The smallest absolute Gasteiger partial charge is 0.247 e. The Kier molecular flexibility index (Phi) is 24.5. The number of rotatable bonds is 29. The van der Waals surface area contributed by atoms with E-state index in [-0.39, 0.29) is 0 Å². The lowest BCUT2D eigenvalue weighted by atomic mass is 9.93. The molecule has 1 aromatic rings. The van der Waals surface area contributed by atoms with Gasteiger partial charge < -0.3 is 0 Å². The average molecular weight is 532 g/mol. The zero-order chi connectivity index (χ0) is 27.5. The van der Waals surface area contributed by atoms with Gasteiger partial charge in [0.1, 0.15) is 12.4 Å². The summed E-state index contributed by atoms with van der Waals surface area (Å²) >= 11 is 0. The molecule has 0 unspecified atom stereocenters. The summed E-state index contributed by atoms with van der Waals surface area (Å²) in [6.45, 7) is 9.26. The second kappa shape index (κ2) is 26.4. The van der Waals surface area contributed by atoms with Gasteiger partial charge in [0.05, 0.1) is 12.0 Å². The van der Waals surface area contributed by atoms with Crippen LogP contribution in [0.1, 0.15) is 219 Å². The molecule has 0 saturated carbocycles. The molecule has 0 saturated heterocycles. The quantitative estimate of drug-likeness (QED) is 0.0783. The highest BCUT2D eigenvalue weighted by molar-refractivity contribution is 4.90. The molecule has 0 bridgehead atoms. The molecule has 1 heterocycles. The maximum Gasteiger partial charge on any atom is 0.257 e. The summed E-state index contributed by atoms with van der Waals surface area (Å²) in [5.74, 6) is 2.20. The molecule has 1 N–H and O–H groups in total. The van der Waals surface area contributed by atoms with Crippen LogP contribution in [-0.4, -0.2) is 4.98 Å². The van der Waals surface area contributed by atoms with Crippen LogP contribution in [0.5, 0.6) is 0 Å². The normalized spacial score (nSPS) is 12.6. The van der Waals surface area contributed by atoms with Crippen molar-refractivity contribution in [2.45, 2.75) is 213 Å². The Balaban J connectivity index is 2.12. The van der Waals surface area contributed by atoms with Crippen molar-refractivity contribution in [3.63, 3.8) is 0 Å². The van der Waals surface area contributed by atoms with Gasteiger partial charge in [0.25, 0.3) is 5.82 Å². The van der Waals surface area contributed by atoms with Crippen molar-refractivity contribution >= 4 is 0 Å². The molecule has 224 valence electrons. The minimum absolute atomic E-state index is 0.549. The van der Waals surface area contributed by atoms with E-state index in [0.717, 1.165) is 0 Å². The first kappa shape index (κ1) is 35.2. The number of nitrogens with one attached hydrogen (secondary N) is 1. The zero-order valence-corrected chi connectivity index (χ0v) is 26.8. The standard InChI is InChI=1S/C36H70N2/c1-5-7-9-11-13-15-16-17-18-19-20-21-23-25-27-29-31-35(36-37-32-33-38(36)34(3)4)30-28-26-24-22-14-12-10-8-6-2/h32-35H,5-31H2,1-4H3/p+1/t35-/m0/s1. The molecule has 1 aromatic heterocycles. The maximum absolute atomic E-state index is 3.64. The third kappa shape index (κ3) is 19.3. The molecule has 1 rings (SSSR count). The summed E-state index contributed by atoms with van der Waals surface area (Å²) in [4.78, 5) is 3.64. The lowest BCUT2D eigenvalue weighted by molar-refractivity contribution is -0.723. The van der Waals surface area contributed by atoms with Crippen LogP contribution in [-0.2, 0) is 0 Å². The van der Waals surface area contributed by atoms with E-state index in [4.69, 9.17) is 0 Å². The predicted octanol–water partition coefficient (Wildman–Crippen LogP) is 12.5. The number of nitrogens with zero attached hydrogens (tertiary/aromatic N) is 1. The van der Waals surface area contributed by atoms with E-state index in [2.05, 4.69) is 49.6 Å². The van der Waals surface area contributed by atoms with Crippen molar-refractivity contribution in [3.8, 4) is 0 Å². The van der Waals surface area contributed by atoms with Crippen LogP contribution in [0.15, 0.2) is 12.4 Å². The average Bonchev–Trinajstić information content (AvgIpc) is 3.41. The van der Waals surface area contributed by atoms with E-state index < -0.39 is 0 Å². The lowest BCUT2D eigenvalue weighted by Crippen LogP contribution is -2.39. The van der Waals surface area contributed by atoms with Crippen LogP contribution in [0.4, 0.5) is 0 Å². The third-order valence-electron chi connectivity index (χ3n) is 8.75. The van der Waals surface area contributed by atoms with Crippen LogP contribution in [0, 0.1) is 0 Å². The zero-order valence-electron chi connectivity index (χ0n) is 26.8. The summed E-state index contributed by atoms with van der Waals surface area (Å²) in [6.07, 6.45) is 43.2. The summed E-state index contributed by atoms with van der Waals surface area (Å²) in [7, 11) is 0. The largest absolute Gasteiger partial charge is 0.257 e. The number of hydrogen-bond donors (Lipinski definition) is 1. The molecule has 38 heavy (non-hydrogen) atoms. The summed E-state index contributed by atoms with van der Waals surface area (Å²) < 4.78 is 2.49. The second-order valence-electron chi connectivity index (χ2n) is 12.8. The number of aromatic amines is 1. The Morgan fingerprint density at radius 2 is 0.816 bits per heavy atom. The van der Waals surface area contributed by atoms with Crippen molar-refractivity contribution in [1.29, 1.82) is 0 Å². The van der Waals surface area contributed by atoms with Gasteiger partial charge in [-0.1, -0.05) is 174 Å². The van der Waals surface area contributed by atoms with E-state index in [0.29, 0.717) is 12.0 Å². The first-order valence-corrected chi connectivity index (χ1v) is 17.8. The molecule has 2 nitrogen and oxygen atoms in total. The van der Waals surface area contributed by atoms with E-state index >= 15 is 0 Å². The van der Waals surface area contributed by atoms with Gasteiger partial charge in [0.2, 0.25) is 0 Å². The molecule has 0 aliphatic heterocycles. The molecule has 0 amide bonds. The van der Waals surface area contributed by atoms with Gasteiger partial charge in [-0.25, -0.2) is 9.55 Å². The van der Waals surface area contributed by atoms with Gasteiger partial charge in [-0.15, -0.1) is 0 Å². The highest BCUT2D eigenvalue weighted by atomic mass is 15.1. The summed E-state index contributed by atoms with van der Waals surface area (Å²) in [5.41, 5.74) is 0. The Hall–Kier alpha value is -0.790. The van der Waals surface area contributed by atoms with Crippen LogP contribution in [0.3, 0.4) is 0 Å². The van der Waals surface area contributed by atoms with Crippen molar-refractivity contribution in [3.05, 3.63) is 18.2 Å². The van der Waals surface area contributed by atoms with E-state index in [1.165, 1.54) is 179 Å². The molecule has 0 aliphatic carbocycles. The van der Waals surface area contributed by atoms with Crippen molar-refractivity contribution in [2.24, 2.45) is 0 Å². The summed E-state index contributed by atoms with van der Waals surface area (Å²) in [6, 6.07) is 0.549. The Bertz CT molecular complexity index is 590. The van der Waals surface area contributed by atoms with Gasteiger partial charge in [0, 0.05) is 0 Å². The maximum atomic E-state index is 3.64. The molecule has 0 radical (unpaired) electrons. The molecule has 0 aliphatic rings. The van der Waals surface area contributed by atoms with Crippen LogP contribution in [0.2, 0.25) is 0 Å². The Labute approximate surface area is 240 Å². The first-order valence-electron chi connectivity index (χ1n) is 17.8. The fourth-order valence-corrected chi connectivity index (χ4v) is 6.19. The highest BCUT2D eigenvalue weighted by Gasteiger charge is 2.23. The van der Waals surface area contributed by atoms with Gasteiger partial charge in [-0.05, 0) is 26.7 Å². The highest BCUT2D eigenvalue weighted by Crippen LogP contribution is 2.27. The predicted molar refractivity (Wildman–Crippen MR) is 170 cm³/mol. The number of imidazole rings is 1. The fourth-order valence-electron chi connectivity index (χ4n) is 6.19. The Morgan fingerprint density at radius 1 is 0.500 bits per heavy atom. The molecule has 1 atom stereocenters. The van der Waals surface area contributed by atoms with Crippen LogP contribution in [0.25, 0.3) is 0 Å². The SMILES string of the molecule is CCCCCCCCCCCCCCCCCC[C@H](CCCCCCCCCCC)c1[nH]cc[n+]1C(C)C. The van der Waals surface area contributed by atoms with Crippen LogP contribution < -0.4 is 4.57 Å². The molecule has 0 aromatic carbocycles. The minimum atomic E-state index is 0.549.